The van der Waals surface area contributed by atoms with Gasteiger partial charge in [0.25, 0.3) is 0 Å². The molecular weight excluding hydrogens is 624 g/mol. The number of aromatic carboxylic acids is 1. The SMILES string of the molecule is CC(C)(C)OC(=O)NCCCCCN1CCC[C@H](Nc2ncc(C(F)(F)F)c(-c3c[nH]c4c([PH](C)(C)O)c(C(=O)O)ccc34)n2)C1. The molecule has 3 aromatic rings. The number of nitrogens with zero attached hydrogens (tertiary/aromatic N) is 3. The van der Waals surface area contributed by atoms with E-state index in [1.807, 2.05) is 20.8 Å². The molecule has 1 aliphatic rings. The maximum absolute atomic E-state index is 14.2. The van der Waals surface area contributed by atoms with Gasteiger partial charge in [-0.3, -0.25) is 0 Å². The molecule has 46 heavy (non-hydrogen) atoms. The van der Waals surface area contributed by atoms with Gasteiger partial charge in [0.15, 0.2) is 0 Å². The first-order valence-corrected chi connectivity index (χ1v) is 18.4. The molecule has 0 aliphatic carbocycles. The summed E-state index contributed by atoms with van der Waals surface area (Å²) in [6, 6.07) is 2.68. The van der Waals surface area contributed by atoms with Crippen LogP contribution in [-0.4, -0.2) is 93.1 Å². The van der Waals surface area contributed by atoms with Crippen molar-refractivity contribution in [1.82, 2.24) is 25.2 Å². The molecule has 0 spiro atoms. The topological polar surface area (TPSA) is 153 Å². The number of hydrogen-bond acceptors (Lipinski definition) is 8. The number of carboxylic acids is 1. The number of halogens is 3. The van der Waals surface area contributed by atoms with Crippen molar-refractivity contribution >= 4 is 41.7 Å². The molecule has 1 saturated heterocycles. The normalized spacial score (nSPS) is 16.8. The molecule has 0 bridgehead atoms. The van der Waals surface area contributed by atoms with Gasteiger partial charge in [-0.25, -0.2) is 4.79 Å². The van der Waals surface area contributed by atoms with Crippen LogP contribution < -0.4 is 15.9 Å². The average molecular weight is 669 g/mol. The molecule has 3 heterocycles. The van der Waals surface area contributed by atoms with Crippen LogP contribution in [0.3, 0.4) is 0 Å². The third-order valence-corrected chi connectivity index (χ3v) is 9.45. The molecule has 2 aromatic heterocycles. The molecule has 1 aromatic carbocycles. The Morgan fingerprint density at radius 2 is 1.91 bits per heavy atom. The number of carbonyl (C=O) groups excluding carboxylic acids is 1. The van der Waals surface area contributed by atoms with Gasteiger partial charge in [-0.2, -0.15) is 0 Å². The number of piperidine rings is 1. The number of carboxylic acid groups (broad SMARTS) is 1. The fraction of sp³-hybridized carbons (Fsp3) is 0.548. The molecule has 15 heteroatoms. The number of alkyl halides is 3. The molecule has 0 saturated carbocycles. The summed E-state index contributed by atoms with van der Waals surface area (Å²) < 4.78 is 47.7. The van der Waals surface area contributed by atoms with Gasteiger partial charge >= 0.3 is 200 Å². The Hall–Kier alpha value is -3.48. The summed E-state index contributed by atoms with van der Waals surface area (Å²) in [6.07, 6.45) is 1.36. The molecule has 1 atom stereocenters. The van der Waals surface area contributed by atoms with Crippen LogP contribution in [0.4, 0.5) is 23.9 Å². The standard InChI is InChI=1S/C31H44F3N6O5P/c1-30(2,3)45-29(43)35-13-7-6-8-14-40-15-9-10-19(18-40)38-28-37-17-23(31(32,33)34)24(39-28)22-16-36-25-20(22)11-12-21(27(41)42)26(25)46(4,5)44/h11-12,16-17,19,36,44,46H,6-10,13-15,18H2,1-5H3,(H,35,43)(H,41,42)(H,37,38,39)/t19-/m0/s1. The Kier molecular flexibility index (Phi) is 10.8. The van der Waals surface area contributed by atoms with Crippen LogP contribution in [0.15, 0.2) is 24.5 Å². The minimum absolute atomic E-state index is 0.0664. The van der Waals surface area contributed by atoms with E-state index < -0.39 is 36.9 Å². The summed E-state index contributed by atoms with van der Waals surface area (Å²) in [5, 5.41) is 16.2. The Morgan fingerprint density at radius 1 is 1.17 bits per heavy atom. The molecule has 1 fully saturated rings. The number of benzene rings is 1. The van der Waals surface area contributed by atoms with E-state index in [4.69, 9.17) is 4.74 Å². The van der Waals surface area contributed by atoms with Gasteiger partial charge in [0.1, 0.15) is 5.60 Å². The van der Waals surface area contributed by atoms with Crippen LogP contribution >= 0.6 is 7.49 Å². The summed E-state index contributed by atoms with van der Waals surface area (Å²) in [5.41, 5.74) is -1.58. The molecule has 4 rings (SSSR count). The van der Waals surface area contributed by atoms with Gasteiger partial charge in [0, 0.05) is 6.54 Å². The van der Waals surface area contributed by atoms with Crippen LogP contribution in [0, 0.1) is 0 Å². The van der Waals surface area contributed by atoms with E-state index in [1.165, 1.54) is 18.3 Å². The number of ether oxygens (including phenoxy) is 1. The Morgan fingerprint density at radius 3 is 2.57 bits per heavy atom. The first-order valence-electron chi connectivity index (χ1n) is 15.4. The Balaban J connectivity index is 1.46. The van der Waals surface area contributed by atoms with Gasteiger partial charge in [0.2, 0.25) is 0 Å². The van der Waals surface area contributed by atoms with Crippen molar-refractivity contribution in [3.63, 3.8) is 0 Å². The van der Waals surface area contributed by atoms with Crippen molar-refractivity contribution in [2.75, 3.05) is 44.8 Å². The molecule has 11 nitrogen and oxygen atoms in total. The Labute approximate surface area is 266 Å². The summed E-state index contributed by atoms with van der Waals surface area (Å²) in [5.74, 6) is -1.17. The van der Waals surface area contributed by atoms with Gasteiger partial charge < -0.3 is 10.1 Å². The van der Waals surface area contributed by atoms with Gasteiger partial charge in [-0.1, -0.05) is 6.42 Å². The zero-order valence-electron chi connectivity index (χ0n) is 26.8. The molecule has 5 N–H and O–H groups in total. The minimum atomic E-state index is -4.74. The number of H-pyrrole nitrogens is 1. The van der Waals surface area contributed by atoms with E-state index in [-0.39, 0.29) is 39.6 Å². The second kappa shape index (κ2) is 14.1. The zero-order valence-corrected chi connectivity index (χ0v) is 27.8. The van der Waals surface area contributed by atoms with Crippen molar-refractivity contribution in [3.05, 3.63) is 35.7 Å². The Bertz CT molecular complexity index is 1550. The quantitative estimate of drug-likeness (QED) is 0.133. The number of fused-ring (bicyclic) bond motifs is 1. The first-order chi connectivity index (χ1) is 21.4. The maximum atomic E-state index is 14.2. The number of nitrogens with one attached hydrogen (secondary N) is 3. The molecular formula is C31H44F3N6O5P. The summed E-state index contributed by atoms with van der Waals surface area (Å²) in [6.45, 7) is 11.5. The van der Waals surface area contributed by atoms with Crippen LogP contribution in [-0.2, 0) is 10.9 Å². The molecule has 254 valence electrons. The van der Waals surface area contributed by atoms with Gasteiger partial charge in [0.05, 0.1) is 0 Å². The fourth-order valence-electron chi connectivity index (χ4n) is 5.77. The number of hydrogen-bond donors (Lipinski definition) is 5. The number of carbonyl (C=O) groups is 2. The van der Waals surface area contributed by atoms with Crippen molar-refractivity contribution in [3.8, 4) is 11.3 Å². The number of alkyl carbamates (subject to hydrolysis) is 1. The van der Waals surface area contributed by atoms with Crippen LogP contribution in [0.1, 0.15) is 68.8 Å². The summed E-state index contributed by atoms with van der Waals surface area (Å²) >= 11 is 0. The van der Waals surface area contributed by atoms with Crippen LogP contribution in [0.25, 0.3) is 22.2 Å². The first kappa shape index (κ1) is 35.4. The van der Waals surface area contributed by atoms with Crippen molar-refractivity contribution in [1.29, 1.82) is 0 Å². The summed E-state index contributed by atoms with van der Waals surface area (Å²) in [7, 11) is -3.22. The van der Waals surface area contributed by atoms with E-state index in [0.717, 1.165) is 51.4 Å². The van der Waals surface area contributed by atoms with E-state index in [2.05, 4.69) is 30.5 Å². The van der Waals surface area contributed by atoms with Crippen molar-refractivity contribution in [2.24, 2.45) is 0 Å². The van der Waals surface area contributed by atoms with E-state index in [0.29, 0.717) is 18.5 Å². The number of aromatic nitrogens is 3. The third kappa shape index (κ3) is 9.07. The molecule has 1 amide bonds. The molecule has 0 unspecified atom stereocenters. The fourth-order valence-corrected chi connectivity index (χ4v) is 7.44. The van der Waals surface area contributed by atoms with Crippen LogP contribution in [0.5, 0.6) is 0 Å². The third-order valence-electron chi connectivity index (χ3n) is 7.71. The van der Waals surface area contributed by atoms with E-state index in [1.54, 1.807) is 13.3 Å². The average Bonchev–Trinajstić information content (AvgIpc) is 3.36. The second-order valence-electron chi connectivity index (χ2n) is 13.2. The number of aromatic amines is 1. The number of amides is 1. The predicted molar refractivity (Wildman–Crippen MR) is 174 cm³/mol. The summed E-state index contributed by atoms with van der Waals surface area (Å²) in [4.78, 5) is 48.1. The second-order valence-corrected chi connectivity index (χ2v) is 16.8. The predicted octanol–water partition coefficient (Wildman–Crippen LogP) is 5.46. The van der Waals surface area contributed by atoms with Gasteiger partial charge in [-0.05, 0) is 33.6 Å². The monoisotopic (exact) mass is 668 g/mol. The van der Waals surface area contributed by atoms with Gasteiger partial charge in [-0.15, -0.1) is 0 Å². The molecule has 1 aliphatic heterocycles. The van der Waals surface area contributed by atoms with Crippen LogP contribution in [0.2, 0.25) is 0 Å². The number of rotatable bonds is 11. The number of unbranched alkanes of at least 4 members (excludes halogenated alkanes) is 2. The number of likely N-dealkylation sites (tertiary alicyclic amines) is 1. The van der Waals surface area contributed by atoms with E-state index in [9.17, 15) is 32.8 Å². The van der Waals surface area contributed by atoms with E-state index >= 15 is 0 Å². The number of anilines is 1. The van der Waals surface area contributed by atoms with Crippen molar-refractivity contribution < 1.29 is 37.5 Å². The van der Waals surface area contributed by atoms with Crippen molar-refractivity contribution in [2.45, 2.75) is 70.7 Å². The molecule has 0 radical (unpaired) electrons. The zero-order chi connectivity index (χ0) is 33.9.